The van der Waals surface area contributed by atoms with E-state index in [1.54, 1.807) is 18.3 Å². The second-order valence-electron chi connectivity index (χ2n) is 7.95. The minimum atomic E-state index is -1.02. The summed E-state index contributed by atoms with van der Waals surface area (Å²) < 4.78 is 17.0. The monoisotopic (exact) mass is 400 g/mol. The molecule has 5 rings (SSSR count). The topological polar surface area (TPSA) is 55.1 Å². The van der Waals surface area contributed by atoms with E-state index in [0.29, 0.717) is 23.7 Å². The average molecular weight is 400 g/mol. The maximum Gasteiger partial charge on any atom is 0.337 e. The van der Waals surface area contributed by atoms with E-state index in [9.17, 15) is 14.3 Å². The molecule has 0 bridgehead atoms. The number of hydrogen-bond donors (Lipinski definition) is 1. The highest BCUT2D eigenvalue weighted by Crippen LogP contribution is 2.40. The number of carbonyl (C=O) groups is 1. The van der Waals surface area contributed by atoms with E-state index in [1.165, 1.54) is 6.07 Å². The number of benzene rings is 2. The highest BCUT2D eigenvalue weighted by Gasteiger charge is 2.26. The molecule has 1 fully saturated rings. The van der Waals surface area contributed by atoms with Crippen molar-refractivity contribution < 1.29 is 14.3 Å². The van der Waals surface area contributed by atoms with E-state index in [1.807, 2.05) is 47.2 Å². The zero-order valence-corrected chi connectivity index (χ0v) is 16.4. The van der Waals surface area contributed by atoms with Gasteiger partial charge in [0.25, 0.3) is 0 Å². The van der Waals surface area contributed by atoms with Gasteiger partial charge in [-0.05, 0) is 59.7 Å². The van der Waals surface area contributed by atoms with Crippen LogP contribution in [0.3, 0.4) is 0 Å². The molecule has 4 aromatic rings. The van der Waals surface area contributed by atoms with Gasteiger partial charge in [0.2, 0.25) is 0 Å². The molecule has 2 heterocycles. The molecule has 0 amide bonds. The number of aromatic nitrogens is 2. The van der Waals surface area contributed by atoms with Crippen molar-refractivity contribution in [1.29, 1.82) is 0 Å². The normalized spacial score (nSPS) is 13.6. The Morgan fingerprint density at radius 1 is 1.13 bits per heavy atom. The largest absolute Gasteiger partial charge is 0.478 e. The maximum absolute atomic E-state index is 15.0. The first kappa shape index (κ1) is 18.6. The first-order valence-corrected chi connectivity index (χ1v) is 10.1. The minimum Gasteiger partial charge on any atom is -0.478 e. The Morgan fingerprint density at radius 3 is 2.67 bits per heavy atom. The van der Waals surface area contributed by atoms with Gasteiger partial charge in [-0.2, -0.15) is 0 Å². The number of carboxylic acids is 1. The van der Waals surface area contributed by atoms with Crippen molar-refractivity contribution in [3.63, 3.8) is 0 Å². The molecular formula is C25H21FN2O2. The van der Waals surface area contributed by atoms with Gasteiger partial charge in [0.1, 0.15) is 5.82 Å². The number of aromatic carboxylic acids is 1. The van der Waals surface area contributed by atoms with Gasteiger partial charge in [-0.25, -0.2) is 9.18 Å². The Hall–Kier alpha value is -3.47. The molecule has 1 N–H and O–H groups in total. The molecule has 1 aliphatic carbocycles. The third-order valence-electron chi connectivity index (χ3n) is 5.76. The summed E-state index contributed by atoms with van der Waals surface area (Å²) in [7, 11) is 0. The molecule has 0 unspecified atom stereocenters. The Kier molecular flexibility index (Phi) is 4.58. The summed E-state index contributed by atoms with van der Waals surface area (Å²) in [6.07, 6.45) is 5.99. The molecule has 1 saturated carbocycles. The van der Waals surface area contributed by atoms with E-state index in [0.717, 1.165) is 34.9 Å². The molecule has 0 spiro atoms. The van der Waals surface area contributed by atoms with Crippen LogP contribution in [0.4, 0.5) is 4.39 Å². The molecule has 0 aliphatic heterocycles. The predicted molar refractivity (Wildman–Crippen MR) is 113 cm³/mol. The quantitative estimate of drug-likeness (QED) is 0.472. The highest BCUT2D eigenvalue weighted by molar-refractivity contribution is 5.89. The fourth-order valence-electron chi connectivity index (χ4n) is 3.97. The number of fused-ring (bicyclic) bond motifs is 1. The van der Waals surface area contributed by atoms with Crippen molar-refractivity contribution in [2.24, 2.45) is 0 Å². The van der Waals surface area contributed by atoms with Gasteiger partial charge >= 0.3 is 5.97 Å². The Labute approximate surface area is 173 Å². The molecule has 4 nitrogen and oxygen atoms in total. The van der Waals surface area contributed by atoms with Crippen LogP contribution >= 0.6 is 0 Å². The smallest absolute Gasteiger partial charge is 0.337 e. The van der Waals surface area contributed by atoms with Crippen molar-refractivity contribution in [2.45, 2.75) is 31.7 Å². The van der Waals surface area contributed by atoms with Crippen molar-refractivity contribution in [3.8, 4) is 0 Å². The summed E-state index contributed by atoms with van der Waals surface area (Å²) in [6, 6.07) is 17.0. The Bertz CT molecular complexity index is 1240. The van der Waals surface area contributed by atoms with Crippen LogP contribution in [0.5, 0.6) is 0 Å². The summed E-state index contributed by atoms with van der Waals surface area (Å²) in [4.78, 5) is 16.1. The number of carboxylic acid groups (broad SMARTS) is 1. The van der Waals surface area contributed by atoms with Gasteiger partial charge in [0.05, 0.1) is 16.8 Å². The number of halogens is 1. The molecule has 2 aromatic carbocycles. The van der Waals surface area contributed by atoms with E-state index < -0.39 is 5.97 Å². The zero-order valence-electron chi connectivity index (χ0n) is 16.4. The van der Waals surface area contributed by atoms with Crippen LogP contribution in [0.15, 0.2) is 67.0 Å². The zero-order chi connectivity index (χ0) is 20.7. The van der Waals surface area contributed by atoms with Crippen LogP contribution < -0.4 is 0 Å². The second kappa shape index (κ2) is 7.41. The molecule has 1 aliphatic rings. The van der Waals surface area contributed by atoms with Crippen molar-refractivity contribution in [2.75, 3.05) is 0 Å². The van der Waals surface area contributed by atoms with Crippen LogP contribution in [0.25, 0.3) is 10.9 Å². The average Bonchev–Trinajstić information content (AvgIpc) is 3.53. The van der Waals surface area contributed by atoms with Crippen LogP contribution in [0.1, 0.15) is 51.5 Å². The van der Waals surface area contributed by atoms with E-state index in [-0.39, 0.29) is 17.8 Å². The van der Waals surface area contributed by atoms with Gasteiger partial charge in [-0.1, -0.05) is 30.3 Å². The lowest BCUT2D eigenvalue weighted by Gasteiger charge is -2.10. The fraction of sp³-hybridized carbons (Fsp3) is 0.200. The molecule has 2 aromatic heterocycles. The summed E-state index contributed by atoms with van der Waals surface area (Å²) in [5.41, 5.74) is 3.94. The van der Waals surface area contributed by atoms with Crippen LogP contribution in [-0.2, 0) is 13.0 Å². The minimum absolute atomic E-state index is 0.151. The summed E-state index contributed by atoms with van der Waals surface area (Å²) >= 11 is 0. The molecule has 150 valence electrons. The van der Waals surface area contributed by atoms with Crippen LogP contribution in [0.2, 0.25) is 0 Å². The number of hydrogen-bond acceptors (Lipinski definition) is 2. The second-order valence-corrected chi connectivity index (χ2v) is 7.95. The first-order chi connectivity index (χ1) is 14.6. The van der Waals surface area contributed by atoms with Crippen molar-refractivity contribution in [1.82, 2.24) is 9.55 Å². The van der Waals surface area contributed by atoms with E-state index in [4.69, 9.17) is 0 Å². The van der Waals surface area contributed by atoms with Gasteiger partial charge in [0.15, 0.2) is 0 Å². The number of pyridine rings is 1. The molecular weight excluding hydrogens is 379 g/mol. The maximum atomic E-state index is 15.0. The lowest BCUT2D eigenvalue weighted by molar-refractivity contribution is 0.0695. The van der Waals surface area contributed by atoms with Gasteiger partial charge < -0.3 is 9.67 Å². The third-order valence-corrected chi connectivity index (χ3v) is 5.76. The van der Waals surface area contributed by atoms with Gasteiger partial charge in [0, 0.05) is 30.7 Å². The van der Waals surface area contributed by atoms with Crippen molar-refractivity contribution >= 4 is 16.9 Å². The highest BCUT2D eigenvalue weighted by atomic mass is 19.1. The number of nitrogens with zero attached hydrogens (tertiary/aromatic N) is 2. The molecule has 5 heteroatoms. The molecule has 0 saturated heterocycles. The van der Waals surface area contributed by atoms with Crippen LogP contribution in [0, 0.1) is 5.82 Å². The Balaban J connectivity index is 1.47. The molecule has 0 radical (unpaired) electrons. The summed E-state index contributed by atoms with van der Waals surface area (Å²) in [6.45, 7) is 0.663. The lowest BCUT2D eigenvalue weighted by atomic mass is 10.0. The SMILES string of the molecule is O=C(O)c1cc(C2CC2)cnc1Cc1cc2ccn(Cc3ccccc3)c2cc1F. The molecule has 30 heavy (non-hydrogen) atoms. The van der Waals surface area contributed by atoms with Gasteiger partial charge in [-0.3, -0.25) is 4.98 Å². The Morgan fingerprint density at radius 2 is 1.93 bits per heavy atom. The first-order valence-electron chi connectivity index (χ1n) is 10.1. The summed E-state index contributed by atoms with van der Waals surface area (Å²) in [5.74, 6) is -0.947. The lowest BCUT2D eigenvalue weighted by Crippen LogP contribution is -2.08. The predicted octanol–water partition coefficient (Wildman–Crippen LogP) is 5.39. The summed E-state index contributed by atoms with van der Waals surface area (Å²) in [5, 5.41) is 10.5. The van der Waals surface area contributed by atoms with Crippen LogP contribution in [-0.4, -0.2) is 20.6 Å². The van der Waals surface area contributed by atoms with E-state index in [2.05, 4.69) is 4.98 Å². The molecule has 0 atom stereocenters. The standard InChI is InChI=1S/C25H21FN2O2/c26-22-13-24-18(8-9-28(24)15-16-4-2-1-3-5-16)10-19(22)12-23-21(25(29)30)11-20(14-27-23)17-6-7-17/h1-5,8-11,13-14,17H,6-7,12,15H2,(H,29,30). The van der Waals surface area contributed by atoms with Crippen molar-refractivity contribution in [3.05, 3.63) is 101 Å². The van der Waals surface area contributed by atoms with E-state index >= 15 is 0 Å². The number of rotatable bonds is 6. The fourth-order valence-corrected chi connectivity index (χ4v) is 3.97. The third kappa shape index (κ3) is 3.59. The van der Waals surface area contributed by atoms with Gasteiger partial charge in [-0.15, -0.1) is 0 Å².